The molecule has 1 aliphatic rings. The summed E-state index contributed by atoms with van der Waals surface area (Å²) in [5.41, 5.74) is 15.8. The van der Waals surface area contributed by atoms with Crippen molar-refractivity contribution in [2.24, 2.45) is 0 Å². The van der Waals surface area contributed by atoms with Gasteiger partial charge in [0.1, 0.15) is 0 Å². The van der Waals surface area contributed by atoms with Crippen LogP contribution in [0.25, 0.3) is 81.0 Å². The van der Waals surface area contributed by atoms with E-state index in [-0.39, 0.29) is 0 Å². The van der Waals surface area contributed by atoms with Gasteiger partial charge in [-0.3, -0.25) is 0 Å². The SMILES string of the molecule is C/C=C\C(=C/C)c1ccccc1.CC.Cc1ccc(-c2ccc3sc4cc5c6c(cccc6c4c3c2)-c2ccccc2-5)cc1.Cc1ccc(-c2ccccc2)cc1. The largest absolute Gasteiger partial charge is 0.135 e. The van der Waals surface area contributed by atoms with Crippen LogP contribution in [0, 0.1) is 13.8 Å². The molecule has 1 heterocycles. The van der Waals surface area contributed by atoms with Crippen molar-refractivity contribution >= 4 is 47.9 Å². The molecular weight excluding hydrogens is 705 g/mol. The second-order valence-corrected chi connectivity index (χ2v) is 15.2. The zero-order chi connectivity index (χ0) is 39.7. The van der Waals surface area contributed by atoms with E-state index in [1.165, 1.54) is 97.7 Å². The van der Waals surface area contributed by atoms with Crippen LogP contribution in [0.4, 0.5) is 0 Å². The molecule has 10 rings (SSSR count). The summed E-state index contributed by atoms with van der Waals surface area (Å²) in [6.45, 7) is 12.3. The summed E-state index contributed by atoms with van der Waals surface area (Å²) < 4.78 is 2.74. The number of allylic oxidation sites excluding steroid dienone is 4. The summed E-state index contributed by atoms with van der Waals surface area (Å²) >= 11 is 1.91. The van der Waals surface area contributed by atoms with Crippen LogP contribution in [0.15, 0.2) is 194 Å². The van der Waals surface area contributed by atoms with Crippen LogP contribution in [-0.2, 0) is 0 Å². The van der Waals surface area contributed by atoms with Crippen LogP contribution < -0.4 is 0 Å². The van der Waals surface area contributed by atoms with Gasteiger partial charge in [0.25, 0.3) is 0 Å². The van der Waals surface area contributed by atoms with Crippen molar-refractivity contribution in [2.45, 2.75) is 41.5 Å². The van der Waals surface area contributed by atoms with Gasteiger partial charge in [0.2, 0.25) is 0 Å². The molecule has 280 valence electrons. The van der Waals surface area contributed by atoms with Crippen molar-refractivity contribution in [1.29, 1.82) is 0 Å². The van der Waals surface area contributed by atoms with Crippen molar-refractivity contribution < 1.29 is 0 Å². The number of benzene rings is 8. The number of fused-ring (bicyclic) bond motifs is 7. The normalized spacial score (nSPS) is 11.4. The Balaban J connectivity index is 0.000000152. The number of aryl methyl sites for hydroxylation is 2. The van der Waals surface area contributed by atoms with Crippen LogP contribution in [0.1, 0.15) is 44.4 Å². The molecule has 0 radical (unpaired) electrons. The van der Waals surface area contributed by atoms with E-state index in [4.69, 9.17) is 0 Å². The molecule has 0 spiro atoms. The van der Waals surface area contributed by atoms with Crippen LogP contribution >= 0.6 is 11.3 Å². The number of hydrogen-bond acceptors (Lipinski definition) is 1. The highest BCUT2D eigenvalue weighted by molar-refractivity contribution is 7.26. The number of rotatable bonds is 4. The molecule has 0 fully saturated rings. The van der Waals surface area contributed by atoms with Crippen LogP contribution in [-0.4, -0.2) is 0 Å². The Bertz CT molecular complexity index is 2800. The zero-order valence-electron chi connectivity index (χ0n) is 33.9. The fraction of sp³-hybridized carbons (Fsp3) is 0.107. The molecule has 1 aromatic heterocycles. The van der Waals surface area contributed by atoms with E-state index in [0.717, 1.165) is 0 Å². The van der Waals surface area contributed by atoms with Crippen molar-refractivity contribution in [3.8, 4) is 44.5 Å². The van der Waals surface area contributed by atoms with Crippen LogP contribution in [0.3, 0.4) is 0 Å². The van der Waals surface area contributed by atoms with Gasteiger partial charge in [0.15, 0.2) is 0 Å². The molecular formula is C56H50S. The lowest BCUT2D eigenvalue weighted by atomic mass is 9.97. The maximum atomic E-state index is 2.42. The smallest absolute Gasteiger partial charge is 0.0368 e. The second-order valence-electron chi connectivity index (χ2n) is 14.1. The van der Waals surface area contributed by atoms with Crippen molar-refractivity contribution in [2.75, 3.05) is 0 Å². The maximum Gasteiger partial charge on any atom is 0.0368 e. The zero-order valence-corrected chi connectivity index (χ0v) is 34.7. The topological polar surface area (TPSA) is 0 Å². The minimum atomic E-state index is 1.28. The van der Waals surface area contributed by atoms with Gasteiger partial charge in [-0.15, -0.1) is 11.3 Å². The minimum absolute atomic E-state index is 1.28. The third-order valence-corrected chi connectivity index (χ3v) is 11.5. The van der Waals surface area contributed by atoms with Gasteiger partial charge in [0.05, 0.1) is 0 Å². The van der Waals surface area contributed by atoms with Gasteiger partial charge in [-0.2, -0.15) is 0 Å². The summed E-state index contributed by atoms with van der Waals surface area (Å²) in [5, 5.41) is 5.56. The predicted molar refractivity (Wildman–Crippen MR) is 254 cm³/mol. The Morgan fingerprint density at radius 3 is 1.56 bits per heavy atom. The minimum Gasteiger partial charge on any atom is -0.135 e. The molecule has 0 amide bonds. The standard InChI is InChI=1S/C29H18S.C13H12.C12H14.C2H6/c1-17-9-11-18(12-10-17)19-13-14-26-25(15-19)29-23-8-4-7-22-20-5-2-3-6-21(20)24(28(22)23)16-27(29)30-26;1-11-7-9-13(10-8-11)12-5-3-2-4-6-12;1-3-8-11(4-2)12-9-6-5-7-10-12;1-2/h2-16H,1H3;2-10H,1H3;3-10H,1-2H3;1-2H3/b;;8-3-,11-4+;. The fourth-order valence-electron chi connectivity index (χ4n) is 7.61. The first kappa shape index (κ1) is 39.0. The highest BCUT2D eigenvalue weighted by atomic mass is 32.1. The molecule has 9 aromatic rings. The first-order valence-electron chi connectivity index (χ1n) is 20.1. The molecule has 1 aliphatic carbocycles. The van der Waals surface area contributed by atoms with Crippen LogP contribution in [0.2, 0.25) is 0 Å². The predicted octanol–water partition coefficient (Wildman–Crippen LogP) is 17.2. The first-order chi connectivity index (χ1) is 28.0. The molecule has 57 heavy (non-hydrogen) atoms. The molecule has 0 saturated carbocycles. The average molecular weight is 755 g/mol. The highest BCUT2D eigenvalue weighted by Crippen LogP contribution is 2.51. The van der Waals surface area contributed by atoms with Crippen molar-refractivity contribution in [3.63, 3.8) is 0 Å². The van der Waals surface area contributed by atoms with Gasteiger partial charge in [-0.05, 0) is 112 Å². The Kier molecular flexibility index (Phi) is 12.4. The van der Waals surface area contributed by atoms with E-state index in [1.54, 1.807) is 0 Å². The van der Waals surface area contributed by atoms with E-state index in [9.17, 15) is 0 Å². The van der Waals surface area contributed by atoms with E-state index >= 15 is 0 Å². The highest BCUT2D eigenvalue weighted by Gasteiger charge is 2.23. The quantitative estimate of drug-likeness (QED) is 0.157. The third-order valence-electron chi connectivity index (χ3n) is 10.4. The maximum absolute atomic E-state index is 2.42. The molecule has 0 saturated heterocycles. The van der Waals surface area contributed by atoms with Gasteiger partial charge >= 0.3 is 0 Å². The Morgan fingerprint density at radius 1 is 0.421 bits per heavy atom. The Morgan fingerprint density at radius 2 is 0.947 bits per heavy atom. The molecule has 0 bridgehead atoms. The third kappa shape index (κ3) is 8.31. The molecule has 0 N–H and O–H groups in total. The van der Waals surface area contributed by atoms with E-state index in [0.29, 0.717) is 0 Å². The lowest BCUT2D eigenvalue weighted by molar-refractivity contribution is 1.47. The Labute approximate surface area is 343 Å². The molecule has 0 nitrogen and oxygen atoms in total. The Hall–Kier alpha value is -6.28. The summed E-state index contributed by atoms with van der Waals surface area (Å²) in [6, 6.07) is 63.2. The van der Waals surface area contributed by atoms with Gasteiger partial charge in [-0.25, -0.2) is 0 Å². The van der Waals surface area contributed by atoms with Gasteiger partial charge in [0, 0.05) is 20.2 Å². The number of thiophene rings is 1. The summed E-state index contributed by atoms with van der Waals surface area (Å²) in [4.78, 5) is 0. The van der Waals surface area contributed by atoms with E-state index in [2.05, 4.69) is 203 Å². The first-order valence-corrected chi connectivity index (χ1v) is 20.9. The second kappa shape index (κ2) is 18.1. The van der Waals surface area contributed by atoms with E-state index < -0.39 is 0 Å². The average Bonchev–Trinajstić information content (AvgIpc) is 3.81. The molecule has 0 unspecified atom stereocenters. The molecule has 0 aliphatic heterocycles. The van der Waals surface area contributed by atoms with Gasteiger partial charge < -0.3 is 0 Å². The lowest BCUT2D eigenvalue weighted by Crippen LogP contribution is -1.80. The van der Waals surface area contributed by atoms with Crippen molar-refractivity contribution in [3.05, 3.63) is 211 Å². The van der Waals surface area contributed by atoms with Crippen LogP contribution in [0.5, 0.6) is 0 Å². The molecule has 0 atom stereocenters. The molecule has 1 heteroatoms. The number of hydrogen-bond donors (Lipinski definition) is 0. The summed E-state index contributed by atoms with van der Waals surface area (Å²) in [6.07, 6.45) is 6.30. The fourth-order valence-corrected chi connectivity index (χ4v) is 8.75. The molecule has 8 aromatic carbocycles. The summed E-state index contributed by atoms with van der Waals surface area (Å²) in [7, 11) is 0. The lowest BCUT2D eigenvalue weighted by Gasteiger charge is -2.06. The summed E-state index contributed by atoms with van der Waals surface area (Å²) in [5.74, 6) is 0. The van der Waals surface area contributed by atoms with Crippen molar-refractivity contribution in [1.82, 2.24) is 0 Å². The van der Waals surface area contributed by atoms with E-state index in [1.807, 2.05) is 44.2 Å². The van der Waals surface area contributed by atoms with Gasteiger partial charge in [-0.1, -0.05) is 201 Å². The monoisotopic (exact) mass is 754 g/mol.